The van der Waals surface area contributed by atoms with E-state index in [0.29, 0.717) is 5.69 Å². The Hall–Kier alpha value is -2.42. The van der Waals surface area contributed by atoms with E-state index < -0.39 is 0 Å². The molecule has 4 rings (SSSR count). The molecule has 0 saturated heterocycles. The van der Waals surface area contributed by atoms with E-state index in [0.717, 1.165) is 29.6 Å². The summed E-state index contributed by atoms with van der Waals surface area (Å²) in [5, 5.41) is 0. The first kappa shape index (κ1) is 11.4. The van der Waals surface area contributed by atoms with Gasteiger partial charge in [-0.05, 0) is 48.6 Å². The van der Waals surface area contributed by atoms with Crippen LogP contribution in [0.25, 0.3) is 16.9 Å². The molecule has 0 radical (unpaired) electrons. The molecule has 98 valence electrons. The lowest BCUT2D eigenvalue weighted by atomic mass is 10.1. The first-order chi connectivity index (χ1) is 9.86. The van der Waals surface area contributed by atoms with Crippen LogP contribution in [0.1, 0.15) is 28.0 Å². The third-order valence-electron chi connectivity index (χ3n) is 4.05. The second-order valence-electron chi connectivity index (χ2n) is 5.23. The number of carbonyl (C=O) groups excluding carboxylic acids is 1. The Balaban J connectivity index is 1.96. The van der Waals surface area contributed by atoms with Crippen LogP contribution in [0.5, 0.6) is 0 Å². The zero-order chi connectivity index (χ0) is 13.5. The Morgan fingerprint density at radius 1 is 1.10 bits per heavy atom. The lowest BCUT2D eigenvalue weighted by molar-refractivity contribution is 0.112. The fourth-order valence-electron chi connectivity index (χ4n) is 3.06. The molecule has 0 unspecified atom stereocenters. The molecule has 2 aromatic heterocycles. The molecule has 0 N–H and O–H groups in total. The summed E-state index contributed by atoms with van der Waals surface area (Å²) in [5.74, 6) is 0.845. The van der Waals surface area contributed by atoms with Crippen molar-refractivity contribution >= 4 is 11.8 Å². The second-order valence-corrected chi connectivity index (χ2v) is 5.23. The maximum absolute atomic E-state index is 11.2. The van der Waals surface area contributed by atoms with Crippen LogP contribution in [0.3, 0.4) is 0 Å². The largest absolute Gasteiger partial charge is 0.299 e. The maximum Gasteiger partial charge on any atom is 0.170 e. The van der Waals surface area contributed by atoms with Gasteiger partial charge in [-0.3, -0.25) is 9.20 Å². The molecule has 0 aliphatic heterocycles. The average Bonchev–Trinajstić information content (AvgIpc) is 3.10. The minimum Gasteiger partial charge on any atom is -0.299 e. The van der Waals surface area contributed by atoms with Gasteiger partial charge in [-0.15, -0.1) is 0 Å². The Morgan fingerprint density at radius 3 is 2.90 bits per heavy atom. The number of aryl methyl sites for hydroxylation is 2. The van der Waals surface area contributed by atoms with Gasteiger partial charge in [0.2, 0.25) is 0 Å². The SMILES string of the molecule is O=Cc1nc(-c2ccc3c(c2)CCC3)n2ccccc12. The van der Waals surface area contributed by atoms with Crippen molar-refractivity contribution in [1.82, 2.24) is 9.38 Å². The summed E-state index contributed by atoms with van der Waals surface area (Å²) in [6.07, 6.45) is 6.34. The Morgan fingerprint density at radius 2 is 2.00 bits per heavy atom. The van der Waals surface area contributed by atoms with Crippen LogP contribution in [0.15, 0.2) is 42.6 Å². The van der Waals surface area contributed by atoms with E-state index in [-0.39, 0.29) is 0 Å². The number of fused-ring (bicyclic) bond motifs is 2. The van der Waals surface area contributed by atoms with Crippen molar-refractivity contribution in [2.24, 2.45) is 0 Å². The number of aromatic nitrogens is 2. The van der Waals surface area contributed by atoms with Crippen LogP contribution in [0.2, 0.25) is 0 Å². The van der Waals surface area contributed by atoms with Crippen LogP contribution >= 0.6 is 0 Å². The van der Waals surface area contributed by atoms with Crippen molar-refractivity contribution in [2.45, 2.75) is 19.3 Å². The fraction of sp³-hybridized carbons (Fsp3) is 0.176. The summed E-state index contributed by atoms with van der Waals surface area (Å²) in [6.45, 7) is 0. The summed E-state index contributed by atoms with van der Waals surface area (Å²) >= 11 is 0. The van der Waals surface area contributed by atoms with Gasteiger partial charge in [-0.25, -0.2) is 4.98 Å². The van der Waals surface area contributed by atoms with Crippen LogP contribution in [0, 0.1) is 0 Å². The number of benzene rings is 1. The van der Waals surface area contributed by atoms with Gasteiger partial charge in [0.25, 0.3) is 0 Å². The molecule has 1 aliphatic carbocycles. The second kappa shape index (κ2) is 4.30. The number of hydrogen-bond acceptors (Lipinski definition) is 2. The van der Waals surface area contributed by atoms with Gasteiger partial charge in [-0.2, -0.15) is 0 Å². The van der Waals surface area contributed by atoms with Gasteiger partial charge in [-0.1, -0.05) is 18.2 Å². The Labute approximate surface area is 116 Å². The summed E-state index contributed by atoms with van der Waals surface area (Å²) in [7, 11) is 0. The predicted molar refractivity (Wildman–Crippen MR) is 78.0 cm³/mol. The number of hydrogen-bond donors (Lipinski definition) is 0. The molecule has 2 heterocycles. The number of rotatable bonds is 2. The third kappa shape index (κ3) is 1.59. The van der Waals surface area contributed by atoms with Gasteiger partial charge >= 0.3 is 0 Å². The highest BCUT2D eigenvalue weighted by Gasteiger charge is 2.15. The van der Waals surface area contributed by atoms with Crippen molar-refractivity contribution in [3.8, 4) is 11.4 Å². The van der Waals surface area contributed by atoms with E-state index in [1.165, 1.54) is 24.0 Å². The molecule has 0 amide bonds. The third-order valence-corrected chi connectivity index (χ3v) is 4.05. The summed E-state index contributed by atoms with van der Waals surface area (Å²) in [6, 6.07) is 12.3. The van der Waals surface area contributed by atoms with Crippen molar-refractivity contribution in [3.05, 3.63) is 59.4 Å². The van der Waals surface area contributed by atoms with Gasteiger partial charge in [0.15, 0.2) is 6.29 Å². The zero-order valence-electron chi connectivity index (χ0n) is 11.0. The zero-order valence-corrected chi connectivity index (χ0v) is 11.0. The number of nitrogens with zero attached hydrogens (tertiary/aromatic N) is 2. The molecule has 3 nitrogen and oxygen atoms in total. The topological polar surface area (TPSA) is 34.4 Å². The van der Waals surface area contributed by atoms with E-state index in [9.17, 15) is 4.79 Å². The van der Waals surface area contributed by atoms with Crippen LogP contribution < -0.4 is 0 Å². The lowest BCUT2D eigenvalue weighted by Crippen LogP contribution is -1.90. The molecule has 0 atom stereocenters. The summed E-state index contributed by atoms with van der Waals surface area (Å²) < 4.78 is 1.99. The van der Waals surface area contributed by atoms with Crippen LogP contribution in [-0.2, 0) is 12.8 Å². The van der Waals surface area contributed by atoms with Gasteiger partial charge in [0.1, 0.15) is 11.5 Å². The number of aldehydes is 1. The minimum absolute atomic E-state index is 0.501. The standard InChI is InChI=1S/C17H14N2O/c20-11-15-16-6-1-2-9-19(16)17(18-15)14-8-7-12-4-3-5-13(12)10-14/h1-2,6-11H,3-5H2. The fourth-order valence-corrected chi connectivity index (χ4v) is 3.06. The average molecular weight is 262 g/mol. The molecule has 0 saturated carbocycles. The van der Waals surface area contributed by atoms with E-state index in [1.807, 2.05) is 28.8 Å². The first-order valence-electron chi connectivity index (χ1n) is 6.91. The maximum atomic E-state index is 11.2. The van der Waals surface area contributed by atoms with E-state index in [1.54, 1.807) is 0 Å². The van der Waals surface area contributed by atoms with E-state index in [4.69, 9.17) is 0 Å². The molecular formula is C17H14N2O. The van der Waals surface area contributed by atoms with Crippen molar-refractivity contribution in [1.29, 1.82) is 0 Å². The monoisotopic (exact) mass is 262 g/mol. The Bertz CT molecular complexity index is 817. The molecule has 0 spiro atoms. The van der Waals surface area contributed by atoms with Gasteiger partial charge < -0.3 is 0 Å². The molecule has 0 fully saturated rings. The number of imidazole rings is 1. The molecule has 1 aliphatic rings. The van der Waals surface area contributed by atoms with Crippen molar-refractivity contribution in [2.75, 3.05) is 0 Å². The van der Waals surface area contributed by atoms with E-state index in [2.05, 4.69) is 23.2 Å². The molecule has 20 heavy (non-hydrogen) atoms. The Kier molecular flexibility index (Phi) is 2.46. The molecule has 1 aromatic carbocycles. The van der Waals surface area contributed by atoms with Crippen LogP contribution in [0.4, 0.5) is 0 Å². The molecule has 0 bridgehead atoms. The first-order valence-corrected chi connectivity index (χ1v) is 6.91. The van der Waals surface area contributed by atoms with Gasteiger partial charge in [0.05, 0.1) is 5.52 Å². The number of carbonyl (C=O) groups is 1. The van der Waals surface area contributed by atoms with Crippen molar-refractivity contribution in [3.63, 3.8) is 0 Å². The lowest BCUT2D eigenvalue weighted by Gasteiger charge is -2.04. The number of pyridine rings is 1. The highest BCUT2D eigenvalue weighted by atomic mass is 16.1. The minimum atomic E-state index is 0.501. The van der Waals surface area contributed by atoms with E-state index >= 15 is 0 Å². The van der Waals surface area contributed by atoms with Gasteiger partial charge in [0, 0.05) is 11.8 Å². The smallest absolute Gasteiger partial charge is 0.170 e. The summed E-state index contributed by atoms with van der Waals surface area (Å²) in [4.78, 5) is 15.7. The highest BCUT2D eigenvalue weighted by molar-refractivity contribution is 5.86. The van der Waals surface area contributed by atoms with Crippen LogP contribution in [-0.4, -0.2) is 15.7 Å². The molecular weight excluding hydrogens is 248 g/mol. The predicted octanol–water partition coefficient (Wildman–Crippen LogP) is 3.30. The van der Waals surface area contributed by atoms with Crippen molar-refractivity contribution < 1.29 is 4.79 Å². The summed E-state index contributed by atoms with van der Waals surface area (Å²) in [5.41, 5.74) is 5.31. The molecule has 3 aromatic rings. The quantitative estimate of drug-likeness (QED) is 0.664. The molecule has 3 heteroatoms. The normalized spacial score (nSPS) is 13.6. The highest BCUT2D eigenvalue weighted by Crippen LogP contribution is 2.28.